The van der Waals surface area contributed by atoms with Gasteiger partial charge in [0, 0.05) is 5.56 Å². The molecule has 134 valence electrons. The van der Waals surface area contributed by atoms with E-state index >= 15 is 0 Å². The van der Waals surface area contributed by atoms with Crippen LogP contribution < -0.4 is 5.14 Å². The highest BCUT2D eigenvalue weighted by atomic mass is 32.2. The fourth-order valence-corrected chi connectivity index (χ4v) is 2.64. The van der Waals surface area contributed by atoms with Crippen LogP contribution in [0.4, 0.5) is 11.4 Å². The summed E-state index contributed by atoms with van der Waals surface area (Å²) in [5, 5.41) is 32.7. The van der Waals surface area contributed by atoms with Crippen LogP contribution in [0.3, 0.4) is 0 Å². The van der Waals surface area contributed by atoms with Gasteiger partial charge in [-0.3, -0.25) is 0 Å². The molecule has 0 aliphatic heterocycles. The first-order valence-electron chi connectivity index (χ1n) is 7.54. The lowest BCUT2D eigenvalue weighted by molar-refractivity contribution is 0.275. The standard InChI is InChI=1S/C17H21N3O4S/c1-17(2,3)12-8-11(10-21)16(22)15(9-12)20-19-13-4-6-14(7-5-13)25(18,23)24/h4-9,21-22H,10H2,1-3H3,(H2,18,23,24). The number of aromatic hydroxyl groups is 1. The lowest BCUT2D eigenvalue weighted by Gasteiger charge is -2.20. The average Bonchev–Trinajstić information content (AvgIpc) is 2.52. The monoisotopic (exact) mass is 363 g/mol. The van der Waals surface area contributed by atoms with Gasteiger partial charge in [0.2, 0.25) is 10.0 Å². The van der Waals surface area contributed by atoms with Crippen LogP contribution in [0.2, 0.25) is 0 Å². The van der Waals surface area contributed by atoms with Crippen LogP contribution in [0, 0.1) is 0 Å². The van der Waals surface area contributed by atoms with Crippen molar-refractivity contribution in [1.29, 1.82) is 0 Å². The highest BCUT2D eigenvalue weighted by molar-refractivity contribution is 7.89. The fourth-order valence-electron chi connectivity index (χ4n) is 2.12. The molecule has 25 heavy (non-hydrogen) atoms. The van der Waals surface area contributed by atoms with E-state index in [2.05, 4.69) is 10.2 Å². The molecule has 0 atom stereocenters. The highest BCUT2D eigenvalue weighted by Gasteiger charge is 2.18. The number of sulfonamides is 1. The quantitative estimate of drug-likeness (QED) is 0.721. The number of benzene rings is 2. The molecule has 7 nitrogen and oxygen atoms in total. The van der Waals surface area contributed by atoms with E-state index in [1.807, 2.05) is 20.8 Å². The Morgan fingerprint density at radius 2 is 1.68 bits per heavy atom. The predicted molar refractivity (Wildman–Crippen MR) is 94.7 cm³/mol. The van der Waals surface area contributed by atoms with Crippen molar-refractivity contribution < 1.29 is 18.6 Å². The molecule has 8 heteroatoms. The van der Waals surface area contributed by atoms with Crippen molar-refractivity contribution in [3.05, 3.63) is 47.5 Å². The summed E-state index contributed by atoms with van der Waals surface area (Å²) in [5.74, 6) is -0.139. The summed E-state index contributed by atoms with van der Waals surface area (Å²) < 4.78 is 22.5. The molecule has 0 saturated carbocycles. The summed E-state index contributed by atoms with van der Waals surface area (Å²) in [6.45, 7) is 5.70. The van der Waals surface area contributed by atoms with E-state index in [1.165, 1.54) is 24.3 Å². The highest BCUT2D eigenvalue weighted by Crippen LogP contribution is 2.37. The number of azo groups is 1. The Morgan fingerprint density at radius 1 is 1.08 bits per heavy atom. The third kappa shape index (κ3) is 4.62. The van der Waals surface area contributed by atoms with Gasteiger partial charge in [0.05, 0.1) is 17.2 Å². The summed E-state index contributed by atoms with van der Waals surface area (Å²) in [6.07, 6.45) is 0. The van der Waals surface area contributed by atoms with Crippen LogP contribution in [0.5, 0.6) is 5.75 Å². The first-order valence-corrected chi connectivity index (χ1v) is 9.09. The number of nitrogens with two attached hydrogens (primary N) is 1. The second-order valence-electron chi connectivity index (χ2n) is 6.65. The number of primary sulfonamides is 1. The van der Waals surface area contributed by atoms with E-state index in [0.717, 1.165) is 5.56 Å². The van der Waals surface area contributed by atoms with Crippen LogP contribution in [0.15, 0.2) is 51.5 Å². The molecule has 0 amide bonds. The molecular formula is C17H21N3O4S. The van der Waals surface area contributed by atoms with Gasteiger partial charge in [-0.2, -0.15) is 5.11 Å². The molecule has 0 spiro atoms. The molecule has 0 fully saturated rings. The maximum Gasteiger partial charge on any atom is 0.238 e. The molecule has 0 radical (unpaired) electrons. The van der Waals surface area contributed by atoms with Crippen molar-refractivity contribution in [3.63, 3.8) is 0 Å². The number of aliphatic hydroxyl groups is 1. The molecule has 2 rings (SSSR count). The maximum atomic E-state index is 11.2. The van der Waals surface area contributed by atoms with Gasteiger partial charge in [-0.1, -0.05) is 20.8 Å². The first kappa shape index (κ1) is 19.0. The minimum Gasteiger partial charge on any atom is -0.505 e. The van der Waals surface area contributed by atoms with Crippen LogP contribution in [-0.4, -0.2) is 18.6 Å². The van der Waals surface area contributed by atoms with E-state index in [1.54, 1.807) is 12.1 Å². The Balaban J connectivity index is 2.40. The Hall–Kier alpha value is -2.29. The maximum absolute atomic E-state index is 11.2. The molecule has 4 N–H and O–H groups in total. The number of phenols is 1. The fraction of sp³-hybridized carbons (Fsp3) is 0.294. The van der Waals surface area contributed by atoms with E-state index < -0.39 is 10.0 Å². The number of aliphatic hydroxyl groups excluding tert-OH is 1. The summed E-state index contributed by atoms with van der Waals surface area (Å²) >= 11 is 0. The third-order valence-corrected chi connectivity index (χ3v) is 4.57. The lowest BCUT2D eigenvalue weighted by atomic mass is 9.85. The average molecular weight is 363 g/mol. The molecule has 0 aromatic heterocycles. The van der Waals surface area contributed by atoms with Gasteiger partial charge >= 0.3 is 0 Å². The Bertz CT molecular complexity index is 899. The Kier molecular flexibility index (Phi) is 5.26. The van der Waals surface area contributed by atoms with E-state index in [9.17, 15) is 18.6 Å². The minimum atomic E-state index is -3.76. The molecule has 0 aliphatic carbocycles. The molecule has 0 aliphatic rings. The summed E-state index contributed by atoms with van der Waals surface area (Å²) in [7, 11) is -3.76. The van der Waals surface area contributed by atoms with E-state index in [0.29, 0.717) is 11.3 Å². The normalized spacial score (nSPS) is 12.7. The molecule has 2 aromatic rings. The smallest absolute Gasteiger partial charge is 0.238 e. The van der Waals surface area contributed by atoms with E-state index in [-0.39, 0.29) is 28.4 Å². The molecular weight excluding hydrogens is 342 g/mol. The number of hydrogen-bond donors (Lipinski definition) is 3. The number of nitrogens with zero attached hydrogens (tertiary/aromatic N) is 2. The van der Waals surface area contributed by atoms with E-state index in [4.69, 9.17) is 5.14 Å². The van der Waals surface area contributed by atoms with Crippen LogP contribution >= 0.6 is 0 Å². The van der Waals surface area contributed by atoms with Gasteiger partial charge in [-0.05, 0) is 47.4 Å². The topological polar surface area (TPSA) is 125 Å². The van der Waals surface area contributed by atoms with Gasteiger partial charge in [-0.25, -0.2) is 13.6 Å². The van der Waals surface area contributed by atoms with Gasteiger partial charge in [0.25, 0.3) is 0 Å². The van der Waals surface area contributed by atoms with Crippen molar-refractivity contribution in [2.75, 3.05) is 0 Å². The molecule has 0 unspecified atom stereocenters. The SMILES string of the molecule is CC(C)(C)c1cc(CO)c(O)c(N=Nc2ccc(S(N)(=O)=O)cc2)c1. The van der Waals surface area contributed by atoms with Gasteiger partial charge in [0.1, 0.15) is 11.4 Å². The van der Waals surface area contributed by atoms with Gasteiger partial charge in [-0.15, -0.1) is 5.11 Å². The zero-order valence-corrected chi connectivity index (χ0v) is 15.1. The second kappa shape index (κ2) is 6.91. The van der Waals surface area contributed by atoms with Crippen molar-refractivity contribution in [2.24, 2.45) is 15.4 Å². The third-order valence-electron chi connectivity index (χ3n) is 3.64. The molecule has 2 aromatic carbocycles. The number of rotatable bonds is 4. The van der Waals surface area contributed by atoms with Crippen molar-refractivity contribution in [2.45, 2.75) is 37.7 Å². The zero-order valence-electron chi connectivity index (χ0n) is 14.3. The van der Waals surface area contributed by atoms with Gasteiger partial charge in [0.15, 0.2) is 0 Å². The lowest BCUT2D eigenvalue weighted by Crippen LogP contribution is -2.11. The Morgan fingerprint density at radius 3 is 2.16 bits per heavy atom. The van der Waals surface area contributed by atoms with Crippen molar-refractivity contribution in [1.82, 2.24) is 0 Å². The summed E-state index contributed by atoms with van der Waals surface area (Å²) in [4.78, 5) is -0.0217. The zero-order chi connectivity index (χ0) is 18.8. The van der Waals surface area contributed by atoms with Crippen LogP contribution in [0.1, 0.15) is 31.9 Å². The van der Waals surface area contributed by atoms with Crippen LogP contribution in [-0.2, 0) is 22.0 Å². The number of hydrogen-bond acceptors (Lipinski definition) is 6. The Labute approximate surface area is 146 Å². The second-order valence-corrected chi connectivity index (χ2v) is 8.21. The van der Waals surface area contributed by atoms with Crippen molar-refractivity contribution in [3.8, 4) is 5.75 Å². The minimum absolute atomic E-state index is 0.0217. The molecule has 0 saturated heterocycles. The first-order chi connectivity index (χ1) is 11.5. The molecule has 0 bridgehead atoms. The van der Waals surface area contributed by atoms with Crippen molar-refractivity contribution >= 4 is 21.4 Å². The summed E-state index contributed by atoms with van der Waals surface area (Å²) in [6, 6.07) is 9.01. The predicted octanol–water partition coefficient (Wildman–Crippen LogP) is 3.24. The molecule has 0 heterocycles. The van der Waals surface area contributed by atoms with Gasteiger partial charge < -0.3 is 10.2 Å². The van der Waals surface area contributed by atoms with Crippen LogP contribution in [0.25, 0.3) is 0 Å². The summed E-state index contributed by atoms with van der Waals surface area (Å²) in [5.41, 5.74) is 1.70. The largest absolute Gasteiger partial charge is 0.505 e.